The molecule has 0 saturated heterocycles. The van der Waals surface area contributed by atoms with Crippen molar-refractivity contribution < 1.29 is 4.39 Å². The van der Waals surface area contributed by atoms with Crippen molar-refractivity contribution in [3.63, 3.8) is 0 Å². The van der Waals surface area contributed by atoms with E-state index in [0.29, 0.717) is 12.1 Å². The Morgan fingerprint density at radius 3 is 2.34 bits per heavy atom. The molecule has 0 bridgehead atoms. The monoisotopic (exact) mass is 475 g/mol. The highest BCUT2D eigenvalue weighted by Gasteiger charge is 2.32. The van der Waals surface area contributed by atoms with Crippen molar-refractivity contribution in [3.8, 4) is 0 Å². The molecule has 7 rings (SSSR count). The van der Waals surface area contributed by atoms with E-state index >= 15 is 0 Å². The first-order valence-corrected chi connectivity index (χ1v) is 12.2. The number of nitrogens with zero attached hydrogens (tertiary/aromatic N) is 5. The number of thiazole rings is 1. The summed E-state index contributed by atoms with van der Waals surface area (Å²) in [5.74, 6) is -0.259. The lowest BCUT2D eigenvalue weighted by Gasteiger charge is -2.21. The fourth-order valence-electron chi connectivity index (χ4n) is 4.59. The number of hydrogen-bond donors (Lipinski definition) is 0. The average molecular weight is 476 g/mol. The fraction of sp³-hybridized carbons (Fsp3) is 0.0714. The normalized spacial score (nSPS) is 15.9. The number of fused-ring (bicyclic) bond motifs is 3. The molecule has 2 aromatic heterocycles. The van der Waals surface area contributed by atoms with E-state index in [1.54, 1.807) is 12.1 Å². The van der Waals surface area contributed by atoms with Gasteiger partial charge in [-0.15, -0.1) is 0 Å². The molecule has 5 nitrogen and oxygen atoms in total. The Bertz CT molecular complexity index is 1710. The largest absolute Gasteiger partial charge is 0.232 e. The van der Waals surface area contributed by atoms with Gasteiger partial charge in [-0.05, 0) is 52.2 Å². The zero-order chi connectivity index (χ0) is 23.4. The van der Waals surface area contributed by atoms with Gasteiger partial charge in [0.15, 0.2) is 10.5 Å². The predicted molar refractivity (Wildman–Crippen MR) is 139 cm³/mol. The molecule has 1 aliphatic rings. The molecule has 6 aromatic rings. The first-order valence-electron chi connectivity index (χ1n) is 11.4. The second-order valence-corrected chi connectivity index (χ2v) is 9.52. The predicted octanol–water partition coefficient (Wildman–Crippen LogP) is 6.89. The highest BCUT2D eigenvalue weighted by molar-refractivity contribution is 7.21. The van der Waals surface area contributed by atoms with Crippen molar-refractivity contribution in [2.75, 3.05) is 5.01 Å². The number of rotatable bonds is 3. The van der Waals surface area contributed by atoms with Gasteiger partial charge in [0.25, 0.3) is 0 Å². The van der Waals surface area contributed by atoms with E-state index < -0.39 is 0 Å². The number of hydrogen-bond acceptors (Lipinski definition) is 6. The first kappa shape index (κ1) is 20.2. The summed E-state index contributed by atoms with van der Waals surface area (Å²) in [6, 6.07) is 29.1. The van der Waals surface area contributed by atoms with E-state index in [1.165, 1.54) is 34.2 Å². The van der Waals surface area contributed by atoms with Gasteiger partial charge in [0.2, 0.25) is 5.13 Å². The quantitative estimate of drug-likeness (QED) is 0.280. The molecule has 1 aliphatic heterocycles. The first-order chi connectivity index (χ1) is 17.2. The number of halogens is 1. The summed E-state index contributed by atoms with van der Waals surface area (Å²) in [6.07, 6.45) is 0.683. The van der Waals surface area contributed by atoms with Gasteiger partial charge in [0.05, 0.1) is 22.8 Å². The molecule has 168 valence electrons. The highest BCUT2D eigenvalue weighted by atomic mass is 32.1. The molecule has 3 heterocycles. The van der Waals surface area contributed by atoms with Crippen LogP contribution in [0.2, 0.25) is 0 Å². The minimum atomic E-state index is -0.259. The van der Waals surface area contributed by atoms with E-state index in [4.69, 9.17) is 20.1 Å². The summed E-state index contributed by atoms with van der Waals surface area (Å²) in [5.41, 5.74) is 5.23. The lowest BCUT2D eigenvalue weighted by atomic mass is 9.96. The number of hydrazone groups is 1. The summed E-state index contributed by atoms with van der Waals surface area (Å²) in [4.78, 5) is 15.1. The van der Waals surface area contributed by atoms with Crippen molar-refractivity contribution in [1.29, 1.82) is 0 Å². The van der Waals surface area contributed by atoms with Crippen molar-refractivity contribution in [2.24, 2.45) is 5.10 Å². The van der Waals surface area contributed by atoms with Crippen LogP contribution < -0.4 is 5.01 Å². The minimum absolute atomic E-state index is 0.0466. The van der Waals surface area contributed by atoms with Crippen molar-refractivity contribution in [1.82, 2.24) is 15.0 Å². The van der Waals surface area contributed by atoms with E-state index in [-0.39, 0.29) is 11.9 Å². The van der Waals surface area contributed by atoms with Gasteiger partial charge in [0.1, 0.15) is 5.82 Å². The number of para-hydroxylation sites is 2. The molecule has 7 heteroatoms. The van der Waals surface area contributed by atoms with Crippen LogP contribution in [0.15, 0.2) is 96.1 Å². The van der Waals surface area contributed by atoms with Gasteiger partial charge in [-0.25, -0.2) is 19.4 Å². The molecule has 4 aromatic carbocycles. The summed E-state index contributed by atoms with van der Waals surface area (Å²) >= 11 is 1.49. The Morgan fingerprint density at radius 2 is 1.51 bits per heavy atom. The van der Waals surface area contributed by atoms with Gasteiger partial charge in [-0.2, -0.15) is 10.1 Å². The molecule has 1 unspecified atom stereocenters. The van der Waals surface area contributed by atoms with E-state index in [0.717, 1.165) is 37.8 Å². The maximum atomic E-state index is 13.6. The number of anilines is 1. The lowest BCUT2D eigenvalue weighted by molar-refractivity contribution is 0.627. The molecule has 0 amide bonds. The van der Waals surface area contributed by atoms with Crippen LogP contribution in [0.1, 0.15) is 23.6 Å². The third kappa shape index (κ3) is 3.52. The van der Waals surface area contributed by atoms with E-state index in [1.807, 2.05) is 35.3 Å². The molecule has 0 radical (unpaired) electrons. The van der Waals surface area contributed by atoms with Crippen molar-refractivity contribution >= 4 is 54.5 Å². The van der Waals surface area contributed by atoms with E-state index in [9.17, 15) is 4.39 Å². The molecule has 0 spiro atoms. The highest BCUT2D eigenvalue weighted by Crippen LogP contribution is 2.40. The van der Waals surface area contributed by atoms with Gasteiger partial charge >= 0.3 is 0 Å². The zero-order valence-corrected chi connectivity index (χ0v) is 19.3. The van der Waals surface area contributed by atoms with E-state index in [2.05, 4.69) is 36.4 Å². The van der Waals surface area contributed by atoms with Crippen LogP contribution in [0, 0.1) is 5.82 Å². The molecule has 1 atom stereocenters. The lowest BCUT2D eigenvalue weighted by Crippen LogP contribution is -2.18. The molecule has 35 heavy (non-hydrogen) atoms. The molecular weight excluding hydrogens is 457 g/mol. The summed E-state index contributed by atoms with van der Waals surface area (Å²) < 4.78 is 13.6. The van der Waals surface area contributed by atoms with Crippen molar-refractivity contribution in [3.05, 3.63) is 108 Å². The third-order valence-electron chi connectivity index (χ3n) is 6.35. The van der Waals surface area contributed by atoms with Crippen LogP contribution in [0.25, 0.3) is 32.3 Å². The third-order valence-corrected chi connectivity index (χ3v) is 7.28. The second-order valence-electron chi connectivity index (χ2n) is 8.56. The Balaban J connectivity index is 1.36. The van der Waals surface area contributed by atoms with Crippen LogP contribution in [0.5, 0.6) is 0 Å². The Labute approximate surface area is 204 Å². The van der Waals surface area contributed by atoms with Gasteiger partial charge < -0.3 is 0 Å². The topological polar surface area (TPSA) is 54.3 Å². The Kier molecular flexibility index (Phi) is 4.57. The molecule has 0 saturated carbocycles. The van der Waals surface area contributed by atoms with Gasteiger partial charge in [-0.1, -0.05) is 72.0 Å². The van der Waals surface area contributed by atoms with Crippen LogP contribution in [0.4, 0.5) is 9.52 Å². The van der Waals surface area contributed by atoms with Crippen LogP contribution in [-0.4, -0.2) is 20.7 Å². The summed E-state index contributed by atoms with van der Waals surface area (Å²) in [5, 5.41) is 10.1. The summed E-state index contributed by atoms with van der Waals surface area (Å²) in [6.45, 7) is 0. The van der Waals surface area contributed by atoms with Crippen molar-refractivity contribution in [2.45, 2.75) is 12.5 Å². The Morgan fingerprint density at radius 1 is 0.771 bits per heavy atom. The Hall–Kier alpha value is -4.23. The van der Waals surface area contributed by atoms with Crippen LogP contribution >= 0.6 is 11.3 Å². The molecule has 0 fully saturated rings. The summed E-state index contributed by atoms with van der Waals surface area (Å²) in [7, 11) is 0. The molecule has 0 N–H and O–H groups in total. The average Bonchev–Trinajstić information content (AvgIpc) is 3.52. The van der Waals surface area contributed by atoms with Gasteiger partial charge in [-0.3, -0.25) is 0 Å². The zero-order valence-electron chi connectivity index (χ0n) is 18.5. The number of aromatic nitrogens is 3. The standard InChI is InChI=1S/C28H18FN5S/c29-21-13-11-18(12-14-21)24-16-25(20-10-9-17-5-1-2-6-19(17)15-20)34(33-24)28-32-26-27(35-28)31-23-8-4-3-7-22(23)30-26/h1-15,25H,16H2. The van der Waals surface area contributed by atoms with Crippen LogP contribution in [0.3, 0.4) is 0 Å². The molecule has 0 aliphatic carbocycles. The van der Waals surface area contributed by atoms with Crippen LogP contribution in [-0.2, 0) is 0 Å². The smallest absolute Gasteiger partial charge is 0.210 e. The minimum Gasteiger partial charge on any atom is -0.232 e. The maximum Gasteiger partial charge on any atom is 0.210 e. The molecular formula is C28H18FN5S. The maximum absolute atomic E-state index is 13.6. The number of benzene rings is 4. The SMILES string of the molecule is Fc1ccc(C2=NN(c3nc4nc5ccccc5nc4s3)C(c3ccc4ccccc4c3)C2)cc1. The second kappa shape index (κ2) is 7.92. The fourth-order valence-corrected chi connectivity index (χ4v) is 5.49. The van der Waals surface area contributed by atoms with Gasteiger partial charge in [0, 0.05) is 6.42 Å².